The molecule has 0 atom stereocenters. The average Bonchev–Trinajstić information content (AvgIpc) is 2.86. The van der Waals surface area contributed by atoms with Crippen LogP contribution >= 0.6 is 0 Å². The van der Waals surface area contributed by atoms with Gasteiger partial charge in [-0.3, -0.25) is 0 Å². The topological polar surface area (TPSA) is 21.9 Å². The van der Waals surface area contributed by atoms with Gasteiger partial charge in [-0.1, -0.05) is 18.2 Å². The van der Waals surface area contributed by atoms with Crippen LogP contribution in [0.2, 0.25) is 0 Å². The average molecular weight is 251 g/mol. The van der Waals surface area contributed by atoms with E-state index in [0.717, 1.165) is 17.0 Å². The van der Waals surface area contributed by atoms with Crippen LogP contribution in [0.25, 0.3) is 32.9 Å². The maximum atomic E-state index is 5.81. The zero-order valence-electron chi connectivity index (χ0n) is 11.3. The highest BCUT2D eigenvalue weighted by Crippen LogP contribution is 2.30. The largest absolute Gasteiger partial charge is 0.401 e. The molecule has 19 heavy (non-hydrogen) atoms. The van der Waals surface area contributed by atoms with E-state index in [4.69, 9.17) is 4.42 Å². The second-order valence-corrected chi connectivity index (χ2v) is 5.09. The van der Waals surface area contributed by atoms with Crippen molar-refractivity contribution in [3.05, 3.63) is 42.3 Å². The van der Waals surface area contributed by atoms with Crippen LogP contribution in [0, 0.1) is 6.92 Å². The molecule has 0 saturated heterocycles. The lowest BCUT2D eigenvalue weighted by Gasteiger charge is -1.95. The van der Waals surface area contributed by atoms with Gasteiger partial charge in [0.15, 0.2) is 0 Å². The molecule has 94 valence electrons. The molecule has 0 aliphatic carbocycles. The Morgan fingerprint density at radius 1 is 1.05 bits per heavy atom. The monoisotopic (exact) mass is 251 g/mol. The van der Waals surface area contributed by atoms with Crippen LogP contribution in [0.3, 0.4) is 0 Å². The lowest BCUT2D eigenvalue weighted by molar-refractivity contribution is -0.656. The first kappa shape index (κ1) is 10.6. The normalized spacial score (nSPS) is 11.9. The minimum atomic E-state index is 0.926. The first-order valence-electron chi connectivity index (χ1n) is 6.43. The van der Waals surface area contributed by atoms with Crippen molar-refractivity contribution in [1.82, 2.24) is 4.57 Å². The quantitative estimate of drug-likeness (QED) is 0.440. The molecule has 0 radical (unpaired) electrons. The smallest absolute Gasteiger partial charge is 0.344 e. The van der Waals surface area contributed by atoms with Gasteiger partial charge in [0.25, 0.3) is 5.52 Å². The number of fused-ring (bicyclic) bond motifs is 4. The Bertz CT molecular complexity index is 944. The molecule has 0 saturated carbocycles. The molecule has 3 nitrogen and oxygen atoms in total. The summed E-state index contributed by atoms with van der Waals surface area (Å²) in [5, 5.41) is 2.57. The zero-order valence-corrected chi connectivity index (χ0v) is 11.3. The summed E-state index contributed by atoms with van der Waals surface area (Å²) in [6, 6.07) is 12.9. The van der Waals surface area contributed by atoms with E-state index in [0.29, 0.717) is 0 Å². The van der Waals surface area contributed by atoms with Gasteiger partial charge in [0.2, 0.25) is 5.58 Å². The molecule has 4 aromatic rings. The van der Waals surface area contributed by atoms with Crippen LogP contribution in [0.1, 0.15) is 5.89 Å². The summed E-state index contributed by atoms with van der Waals surface area (Å²) in [6.45, 7) is 1.99. The summed E-state index contributed by atoms with van der Waals surface area (Å²) < 4.78 is 10.1. The van der Waals surface area contributed by atoms with Gasteiger partial charge in [0.1, 0.15) is 7.05 Å². The fourth-order valence-electron chi connectivity index (χ4n) is 2.92. The number of nitrogens with zero attached hydrogens (tertiary/aromatic N) is 2. The Morgan fingerprint density at radius 3 is 2.68 bits per heavy atom. The van der Waals surface area contributed by atoms with Crippen molar-refractivity contribution in [3.63, 3.8) is 0 Å². The molecule has 0 aliphatic rings. The van der Waals surface area contributed by atoms with Gasteiger partial charge in [0, 0.05) is 35.5 Å². The van der Waals surface area contributed by atoms with E-state index < -0.39 is 0 Å². The van der Waals surface area contributed by atoms with Gasteiger partial charge in [0.05, 0.1) is 12.4 Å². The van der Waals surface area contributed by atoms with Crippen LogP contribution < -0.4 is 4.57 Å². The molecular formula is C16H15N2O+. The van der Waals surface area contributed by atoms with E-state index >= 15 is 0 Å². The molecule has 2 heterocycles. The van der Waals surface area contributed by atoms with Crippen molar-refractivity contribution in [2.45, 2.75) is 6.92 Å². The van der Waals surface area contributed by atoms with E-state index in [1.54, 1.807) is 0 Å². The third-order valence-corrected chi connectivity index (χ3v) is 4.09. The van der Waals surface area contributed by atoms with Crippen molar-refractivity contribution < 1.29 is 8.98 Å². The lowest BCUT2D eigenvalue weighted by Crippen LogP contribution is -2.28. The Morgan fingerprint density at radius 2 is 1.84 bits per heavy atom. The standard InChI is InChI=1S/C16H15N2O/c1-10-17(2)15-8-12-11-6-4-5-7-13(11)18(3)14(12)9-16(15)19-10/h4-9H,1-3H3/q+1. The number of rotatable bonds is 0. The number of benzene rings is 2. The predicted octanol–water partition coefficient (Wildman–Crippen LogP) is 3.21. The van der Waals surface area contributed by atoms with Gasteiger partial charge < -0.3 is 8.98 Å². The number of aromatic nitrogens is 2. The van der Waals surface area contributed by atoms with Crippen LogP contribution in [0.15, 0.2) is 40.8 Å². The third-order valence-electron chi connectivity index (χ3n) is 4.09. The highest BCUT2D eigenvalue weighted by Gasteiger charge is 2.18. The predicted molar refractivity (Wildman–Crippen MR) is 76.1 cm³/mol. The van der Waals surface area contributed by atoms with Gasteiger partial charge in [-0.25, -0.2) is 0 Å². The van der Waals surface area contributed by atoms with Gasteiger partial charge in [-0.05, 0) is 6.07 Å². The van der Waals surface area contributed by atoms with E-state index in [9.17, 15) is 0 Å². The summed E-state index contributed by atoms with van der Waals surface area (Å²) in [4.78, 5) is 0. The summed E-state index contributed by atoms with van der Waals surface area (Å²) >= 11 is 0. The van der Waals surface area contributed by atoms with E-state index in [-0.39, 0.29) is 0 Å². The Kier molecular flexibility index (Phi) is 1.89. The summed E-state index contributed by atoms with van der Waals surface area (Å²) in [5.41, 5.74) is 4.55. The zero-order chi connectivity index (χ0) is 13.1. The van der Waals surface area contributed by atoms with Crippen LogP contribution in [-0.2, 0) is 14.1 Å². The van der Waals surface area contributed by atoms with Gasteiger partial charge in [-0.2, -0.15) is 4.57 Å². The van der Waals surface area contributed by atoms with Crippen molar-refractivity contribution in [1.29, 1.82) is 0 Å². The molecule has 0 amide bonds. The number of aryl methyl sites for hydroxylation is 3. The van der Waals surface area contributed by atoms with Crippen LogP contribution in [0.4, 0.5) is 0 Å². The Hall–Kier alpha value is -2.29. The number of hydrogen-bond acceptors (Lipinski definition) is 1. The maximum absolute atomic E-state index is 5.81. The lowest BCUT2D eigenvalue weighted by atomic mass is 10.1. The minimum Gasteiger partial charge on any atom is -0.401 e. The van der Waals surface area contributed by atoms with Crippen molar-refractivity contribution in [2.24, 2.45) is 14.1 Å². The molecule has 4 rings (SSSR count). The number of para-hydroxylation sites is 1. The fourth-order valence-corrected chi connectivity index (χ4v) is 2.92. The summed E-state index contributed by atoms with van der Waals surface area (Å²) in [5.74, 6) is 0.926. The highest BCUT2D eigenvalue weighted by atomic mass is 16.3. The Labute approximate surface area is 110 Å². The number of oxazole rings is 1. The van der Waals surface area contributed by atoms with Gasteiger partial charge >= 0.3 is 5.89 Å². The van der Waals surface area contributed by atoms with Crippen LogP contribution in [0.5, 0.6) is 0 Å². The second kappa shape index (κ2) is 3.38. The SMILES string of the molecule is Cc1oc2cc3c(cc2[n+]1C)c1ccccc1n3C. The van der Waals surface area contributed by atoms with Crippen molar-refractivity contribution >= 4 is 32.9 Å². The molecule has 0 N–H and O–H groups in total. The molecule has 2 aromatic carbocycles. The molecular weight excluding hydrogens is 236 g/mol. The number of hydrogen-bond donors (Lipinski definition) is 0. The van der Waals surface area contributed by atoms with Crippen molar-refractivity contribution in [2.75, 3.05) is 0 Å². The molecule has 0 spiro atoms. The van der Waals surface area contributed by atoms with Gasteiger partial charge in [-0.15, -0.1) is 0 Å². The molecule has 3 heteroatoms. The molecule has 0 aliphatic heterocycles. The fraction of sp³-hybridized carbons (Fsp3) is 0.188. The molecule has 0 bridgehead atoms. The maximum Gasteiger partial charge on any atom is 0.344 e. The van der Waals surface area contributed by atoms with Crippen molar-refractivity contribution in [3.8, 4) is 0 Å². The highest BCUT2D eigenvalue weighted by molar-refractivity contribution is 6.11. The summed E-state index contributed by atoms with van der Waals surface area (Å²) in [6.07, 6.45) is 0. The van der Waals surface area contributed by atoms with Crippen LogP contribution in [-0.4, -0.2) is 4.57 Å². The first-order chi connectivity index (χ1) is 9.16. The van der Waals surface area contributed by atoms with E-state index in [1.165, 1.54) is 21.8 Å². The third kappa shape index (κ3) is 1.24. The molecule has 0 unspecified atom stereocenters. The van der Waals surface area contributed by atoms with E-state index in [1.807, 2.05) is 14.0 Å². The second-order valence-electron chi connectivity index (χ2n) is 5.09. The molecule has 0 fully saturated rings. The Balaban J connectivity index is 2.30. The minimum absolute atomic E-state index is 0.926. The summed E-state index contributed by atoms with van der Waals surface area (Å²) in [7, 11) is 4.14. The molecule has 2 aromatic heterocycles. The first-order valence-corrected chi connectivity index (χ1v) is 6.43. The van der Waals surface area contributed by atoms with E-state index in [2.05, 4.69) is 52.6 Å².